The molecule has 1 N–H and O–H groups in total. The summed E-state index contributed by atoms with van der Waals surface area (Å²) in [5.41, 5.74) is 0. The number of hydrogen-bond donors (Lipinski definition) is 1. The lowest BCUT2D eigenvalue weighted by atomic mass is 10.2. The molecular formula is C15H17N3O4S. The van der Waals surface area contributed by atoms with Crippen LogP contribution < -0.4 is 14.8 Å². The van der Waals surface area contributed by atoms with Gasteiger partial charge in [-0.25, -0.2) is 0 Å². The van der Waals surface area contributed by atoms with E-state index in [-0.39, 0.29) is 11.2 Å². The molecule has 23 heavy (non-hydrogen) atoms. The molecule has 1 aliphatic heterocycles. The number of benzene rings is 1. The van der Waals surface area contributed by atoms with Crippen molar-refractivity contribution >= 4 is 17.7 Å². The van der Waals surface area contributed by atoms with Crippen LogP contribution in [0.4, 0.5) is 0 Å². The monoisotopic (exact) mass is 335 g/mol. The number of nitrogens with zero attached hydrogens (tertiary/aromatic N) is 2. The quantitative estimate of drug-likeness (QED) is 0.838. The number of fused-ring (bicyclic) bond motifs is 1. The van der Waals surface area contributed by atoms with E-state index >= 15 is 0 Å². The van der Waals surface area contributed by atoms with E-state index in [4.69, 9.17) is 13.9 Å². The SMILES string of the molecule is CCNC(=O)[C@H](C)Sc1nnc([C@@H]2COc3ccccc3O2)o1. The zero-order valence-electron chi connectivity index (χ0n) is 12.8. The molecule has 0 bridgehead atoms. The van der Waals surface area contributed by atoms with E-state index in [1.54, 1.807) is 6.92 Å². The molecule has 2 aromatic rings. The van der Waals surface area contributed by atoms with E-state index < -0.39 is 6.10 Å². The van der Waals surface area contributed by atoms with E-state index in [1.165, 1.54) is 11.8 Å². The molecule has 0 saturated heterocycles. The van der Waals surface area contributed by atoms with E-state index in [9.17, 15) is 4.79 Å². The Labute approximate surface area is 137 Å². The average Bonchev–Trinajstić information content (AvgIpc) is 3.03. The third kappa shape index (κ3) is 3.58. The van der Waals surface area contributed by atoms with Crippen LogP contribution in [0.25, 0.3) is 0 Å². The highest BCUT2D eigenvalue weighted by atomic mass is 32.2. The van der Waals surface area contributed by atoms with Crippen LogP contribution in [0.2, 0.25) is 0 Å². The molecule has 1 aromatic carbocycles. The van der Waals surface area contributed by atoms with E-state index in [2.05, 4.69) is 15.5 Å². The minimum absolute atomic E-state index is 0.0663. The fourth-order valence-electron chi connectivity index (χ4n) is 2.06. The summed E-state index contributed by atoms with van der Waals surface area (Å²) in [5.74, 6) is 1.61. The van der Waals surface area contributed by atoms with Crippen molar-refractivity contribution in [1.29, 1.82) is 0 Å². The molecule has 7 nitrogen and oxygen atoms in total. The first-order valence-electron chi connectivity index (χ1n) is 7.33. The largest absolute Gasteiger partial charge is 0.485 e. The van der Waals surface area contributed by atoms with Gasteiger partial charge in [0.2, 0.25) is 12.0 Å². The number of hydrogen-bond acceptors (Lipinski definition) is 7. The van der Waals surface area contributed by atoms with Crippen molar-refractivity contribution in [2.75, 3.05) is 13.2 Å². The van der Waals surface area contributed by atoms with Crippen molar-refractivity contribution in [3.8, 4) is 11.5 Å². The van der Waals surface area contributed by atoms with E-state index in [0.717, 1.165) is 0 Å². The van der Waals surface area contributed by atoms with Crippen molar-refractivity contribution < 1.29 is 18.7 Å². The van der Waals surface area contributed by atoms with E-state index in [0.29, 0.717) is 35.8 Å². The fraction of sp³-hybridized carbons (Fsp3) is 0.400. The van der Waals surface area contributed by atoms with Gasteiger partial charge in [0.25, 0.3) is 11.1 Å². The maximum atomic E-state index is 11.7. The summed E-state index contributed by atoms with van der Waals surface area (Å²) in [6.07, 6.45) is -0.452. The first kappa shape index (κ1) is 15.7. The van der Waals surface area contributed by atoms with Gasteiger partial charge in [0.15, 0.2) is 11.5 Å². The number of para-hydroxylation sites is 2. The predicted octanol–water partition coefficient (Wildman–Crippen LogP) is 2.20. The van der Waals surface area contributed by atoms with Gasteiger partial charge in [-0.2, -0.15) is 0 Å². The lowest BCUT2D eigenvalue weighted by Gasteiger charge is -2.23. The summed E-state index contributed by atoms with van der Waals surface area (Å²) >= 11 is 1.21. The molecule has 0 saturated carbocycles. The fourth-order valence-corrected chi connectivity index (χ4v) is 2.78. The van der Waals surface area contributed by atoms with Crippen molar-refractivity contribution in [2.24, 2.45) is 0 Å². The van der Waals surface area contributed by atoms with E-state index in [1.807, 2.05) is 31.2 Å². The second-order valence-electron chi connectivity index (χ2n) is 4.93. The number of carbonyl (C=O) groups excluding carboxylic acids is 1. The maximum absolute atomic E-state index is 11.7. The second kappa shape index (κ2) is 6.91. The van der Waals surface area contributed by atoms with Crippen LogP contribution in [0.1, 0.15) is 25.8 Å². The molecule has 0 radical (unpaired) electrons. The maximum Gasteiger partial charge on any atom is 0.277 e. The molecule has 1 aliphatic rings. The molecule has 2 atom stereocenters. The van der Waals surface area contributed by atoms with Gasteiger partial charge in [0.05, 0.1) is 5.25 Å². The lowest BCUT2D eigenvalue weighted by molar-refractivity contribution is -0.120. The van der Waals surface area contributed by atoms with Gasteiger partial charge >= 0.3 is 0 Å². The minimum atomic E-state index is -0.452. The number of carbonyl (C=O) groups is 1. The van der Waals surface area contributed by atoms with Gasteiger partial charge < -0.3 is 19.2 Å². The van der Waals surface area contributed by atoms with Gasteiger partial charge in [-0.15, -0.1) is 10.2 Å². The van der Waals surface area contributed by atoms with Crippen LogP contribution in [-0.4, -0.2) is 34.5 Å². The van der Waals surface area contributed by atoms with Gasteiger partial charge in [0, 0.05) is 6.54 Å². The van der Waals surface area contributed by atoms with Crippen LogP contribution in [0.15, 0.2) is 33.9 Å². The molecule has 1 amide bonds. The highest BCUT2D eigenvalue weighted by molar-refractivity contribution is 8.00. The second-order valence-corrected chi connectivity index (χ2v) is 6.22. The Morgan fingerprint density at radius 2 is 2.17 bits per heavy atom. The first-order valence-corrected chi connectivity index (χ1v) is 8.21. The zero-order chi connectivity index (χ0) is 16.2. The van der Waals surface area contributed by atoms with Crippen LogP contribution in [-0.2, 0) is 4.79 Å². The molecule has 3 rings (SSSR count). The van der Waals surface area contributed by atoms with Crippen molar-refractivity contribution in [2.45, 2.75) is 30.4 Å². The molecular weight excluding hydrogens is 318 g/mol. The zero-order valence-corrected chi connectivity index (χ0v) is 13.6. The summed E-state index contributed by atoms with van der Waals surface area (Å²) in [4.78, 5) is 11.7. The average molecular weight is 335 g/mol. The Morgan fingerprint density at radius 3 is 2.96 bits per heavy atom. The molecule has 122 valence electrons. The third-order valence-electron chi connectivity index (χ3n) is 3.20. The lowest BCUT2D eigenvalue weighted by Crippen LogP contribution is -2.30. The topological polar surface area (TPSA) is 86.5 Å². The molecule has 2 heterocycles. The summed E-state index contributed by atoms with van der Waals surface area (Å²) in [6, 6.07) is 7.42. The number of ether oxygens (including phenoxy) is 2. The Bertz CT molecular complexity index is 691. The van der Waals surface area contributed by atoms with Crippen LogP contribution in [0, 0.1) is 0 Å². The summed E-state index contributed by atoms with van der Waals surface area (Å²) in [5, 5.41) is 10.7. The number of rotatable bonds is 5. The van der Waals surface area contributed by atoms with Crippen molar-refractivity contribution in [3.05, 3.63) is 30.2 Å². The smallest absolute Gasteiger partial charge is 0.277 e. The standard InChI is InChI=1S/C15H17N3O4S/c1-3-16-13(19)9(2)23-15-18-17-14(22-15)12-8-20-10-6-4-5-7-11(10)21-12/h4-7,9,12H,3,8H2,1-2H3,(H,16,19)/t9-,12-/m0/s1. The van der Waals surface area contributed by atoms with Gasteiger partial charge in [-0.1, -0.05) is 23.9 Å². The molecule has 0 fully saturated rings. The molecule has 0 aliphatic carbocycles. The summed E-state index contributed by atoms with van der Waals surface area (Å²) < 4.78 is 17.0. The van der Waals surface area contributed by atoms with Gasteiger partial charge in [-0.3, -0.25) is 4.79 Å². The van der Waals surface area contributed by atoms with Crippen LogP contribution in [0.5, 0.6) is 11.5 Å². The summed E-state index contributed by atoms with van der Waals surface area (Å²) in [7, 11) is 0. The molecule has 0 spiro atoms. The number of amides is 1. The number of aromatic nitrogens is 2. The Kier molecular flexibility index (Phi) is 4.71. The number of thioether (sulfide) groups is 1. The number of nitrogens with one attached hydrogen (secondary N) is 1. The predicted molar refractivity (Wildman–Crippen MR) is 83.6 cm³/mol. The molecule has 0 unspecified atom stereocenters. The highest BCUT2D eigenvalue weighted by Gasteiger charge is 2.28. The Morgan fingerprint density at radius 1 is 1.39 bits per heavy atom. The molecule has 8 heteroatoms. The highest BCUT2D eigenvalue weighted by Crippen LogP contribution is 2.36. The third-order valence-corrected chi connectivity index (χ3v) is 4.14. The molecule has 1 aromatic heterocycles. The van der Waals surface area contributed by atoms with Gasteiger partial charge in [-0.05, 0) is 26.0 Å². The van der Waals surface area contributed by atoms with Crippen molar-refractivity contribution in [1.82, 2.24) is 15.5 Å². The van der Waals surface area contributed by atoms with Crippen LogP contribution >= 0.6 is 11.8 Å². The van der Waals surface area contributed by atoms with Crippen LogP contribution in [0.3, 0.4) is 0 Å². The minimum Gasteiger partial charge on any atom is -0.485 e. The Hall–Kier alpha value is -2.22. The van der Waals surface area contributed by atoms with Crippen molar-refractivity contribution in [3.63, 3.8) is 0 Å². The Balaban J connectivity index is 1.65. The normalized spacial score (nSPS) is 17.6. The first-order chi connectivity index (χ1) is 11.2. The van der Waals surface area contributed by atoms with Gasteiger partial charge in [0.1, 0.15) is 6.61 Å². The summed E-state index contributed by atoms with van der Waals surface area (Å²) in [6.45, 7) is 4.55.